The summed E-state index contributed by atoms with van der Waals surface area (Å²) in [5, 5.41) is 2.58. The van der Waals surface area contributed by atoms with E-state index in [4.69, 9.17) is 14.2 Å². The van der Waals surface area contributed by atoms with Crippen LogP contribution in [0.15, 0.2) is 0 Å². The van der Waals surface area contributed by atoms with Gasteiger partial charge in [0.25, 0.3) is 0 Å². The number of unbranched alkanes of at least 4 members (excludes halogenated alkanes) is 6. The van der Waals surface area contributed by atoms with Crippen LogP contribution in [0.5, 0.6) is 0 Å². The number of rotatable bonds is 16. The van der Waals surface area contributed by atoms with Crippen molar-refractivity contribution in [2.75, 3.05) is 38.9 Å². The first-order valence-electron chi connectivity index (χ1n) is 9.23. The third-order valence-electron chi connectivity index (χ3n) is 3.70. The highest BCUT2D eigenvalue weighted by Crippen LogP contribution is 2.08. The molecule has 0 aromatic carbocycles. The van der Waals surface area contributed by atoms with E-state index in [1.807, 2.05) is 6.26 Å². The Morgan fingerprint density at radius 1 is 0.960 bits per heavy atom. The largest absolute Gasteiger partial charge is 0.464 e. The second kappa shape index (κ2) is 17.9. The van der Waals surface area contributed by atoms with E-state index in [1.165, 1.54) is 39.2 Å². The number of thioether (sulfide) groups is 1. The number of alkyl carbamates (subject to hydrolysis) is 1. The molecule has 1 N–H and O–H groups in total. The molecule has 0 aliphatic heterocycles. The van der Waals surface area contributed by atoms with Crippen LogP contribution >= 0.6 is 11.8 Å². The molecule has 7 heteroatoms. The zero-order valence-corrected chi connectivity index (χ0v) is 16.8. The van der Waals surface area contributed by atoms with Gasteiger partial charge in [-0.2, -0.15) is 11.8 Å². The van der Waals surface area contributed by atoms with Gasteiger partial charge in [-0.15, -0.1) is 0 Å². The summed E-state index contributed by atoms with van der Waals surface area (Å²) < 4.78 is 15.1. The first kappa shape index (κ1) is 24.1. The Labute approximate surface area is 156 Å². The molecule has 0 bridgehead atoms. The van der Waals surface area contributed by atoms with Crippen molar-refractivity contribution in [3.8, 4) is 0 Å². The standard InChI is InChI=1S/C18H35NO5S/c1-4-5-6-7-8-9-10-12-23-17(20)16(11-15-25-3)19-18(21)24-14-13-22-2/h16H,4-15H2,1-3H3,(H,19,21). The molecule has 1 unspecified atom stereocenters. The lowest BCUT2D eigenvalue weighted by atomic mass is 10.1. The minimum absolute atomic E-state index is 0.157. The number of esters is 1. The quantitative estimate of drug-likeness (QED) is 0.326. The molecular weight excluding hydrogens is 342 g/mol. The lowest BCUT2D eigenvalue weighted by molar-refractivity contribution is -0.146. The number of carbonyl (C=O) groups excluding carboxylic acids is 2. The molecule has 0 spiro atoms. The molecule has 0 aromatic heterocycles. The van der Waals surface area contributed by atoms with Gasteiger partial charge < -0.3 is 19.5 Å². The highest BCUT2D eigenvalue weighted by Gasteiger charge is 2.22. The number of ether oxygens (including phenoxy) is 3. The van der Waals surface area contributed by atoms with Gasteiger partial charge in [-0.3, -0.25) is 0 Å². The van der Waals surface area contributed by atoms with Gasteiger partial charge in [-0.25, -0.2) is 9.59 Å². The number of methoxy groups -OCH3 is 1. The number of amides is 1. The van der Waals surface area contributed by atoms with Crippen LogP contribution in [0.3, 0.4) is 0 Å². The van der Waals surface area contributed by atoms with E-state index >= 15 is 0 Å². The van der Waals surface area contributed by atoms with Crippen LogP contribution in [0.25, 0.3) is 0 Å². The van der Waals surface area contributed by atoms with Gasteiger partial charge in [-0.05, 0) is 24.9 Å². The van der Waals surface area contributed by atoms with Gasteiger partial charge in [0, 0.05) is 7.11 Å². The fourth-order valence-electron chi connectivity index (χ4n) is 2.22. The van der Waals surface area contributed by atoms with Gasteiger partial charge in [0.05, 0.1) is 13.2 Å². The van der Waals surface area contributed by atoms with Crippen molar-refractivity contribution >= 4 is 23.8 Å². The number of hydrogen-bond acceptors (Lipinski definition) is 6. The maximum absolute atomic E-state index is 12.2. The summed E-state index contributed by atoms with van der Waals surface area (Å²) in [6.45, 7) is 3.09. The van der Waals surface area contributed by atoms with E-state index in [-0.39, 0.29) is 12.6 Å². The van der Waals surface area contributed by atoms with Crippen molar-refractivity contribution in [2.45, 2.75) is 64.3 Å². The van der Waals surface area contributed by atoms with E-state index in [2.05, 4.69) is 12.2 Å². The van der Waals surface area contributed by atoms with Gasteiger partial charge in [0.15, 0.2) is 0 Å². The molecule has 0 heterocycles. The molecule has 0 fully saturated rings. The smallest absolute Gasteiger partial charge is 0.407 e. The molecule has 0 radical (unpaired) electrons. The van der Waals surface area contributed by atoms with Crippen molar-refractivity contribution in [1.29, 1.82) is 0 Å². The Bertz CT molecular complexity index is 341. The molecule has 0 aliphatic carbocycles. The summed E-state index contributed by atoms with van der Waals surface area (Å²) >= 11 is 1.62. The first-order valence-corrected chi connectivity index (χ1v) is 10.6. The fourth-order valence-corrected chi connectivity index (χ4v) is 2.69. The minimum Gasteiger partial charge on any atom is -0.464 e. The van der Waals surface area contributed by atoms with E-state index < -0.39 is 12.1 Å². The molecule has 0 aliphatic rings. The molecule has 25 heavy (non-hydrogen) atoms. The molecule has 6 nitrogen and oxygen atoms in total. The first-order chi connectivity index (χ1) is 12.2. The summed E-state index contributed by atoms with van der Waals surface area (Å²) in [6.07, 6.45) is 10.0. The van der Waals surface area contributed by atoms with Gasteiger partial charge >= 0.3 is 12.1 Å². The van der Waals surface area contributed by atoms with Crippen LogP contribution in [0.2, 0.25) is 0 Å². The van der Waals surface area contributed by atoms with Crippen molar-refractivity contribution in [3.05, 3.63) is 0 Å². The number of hydrogen-bond donors (Lipinski definition) is 1. The Morgan fingerprint density at radius 3 is 2.28 bits per heavy atom. The van der Waals surface area contributed by atoms with Gasteiger partial charge in [0.2, 0.25) is 0 Å². The van der Waals surface area contributed by atoms with E-state index in [0.717, 1.165) is 18.6 Å². The van der Waals surface area contributed by atoms with Crippen LogP contribution in [-0.2, 0) is 19.0 Å². The SMILES string of the molecule is CCCCCCCCCOC(=O)C(CCSC)NC(=O)OCCOC. The van der Waals surface area contributed by atoms with Gasteiger partial charge in [-0.1, -0.05) is 45.4 Å². The molecule has 148 valence electrons. The average Bonchev–Trinajstić information content (AvgIpc) is 2.60. The number of carbonyl (C=O) groups is 2. The average molecular weight is 378 g/mol. The molecule has 1 amide bonds. The van der Waals surface area contributed by atoms with E-state index in [0.29, 0.717) is 19.6 Å². The fraction of sp³-hybridized carbons (Fsp3) is 0.889. The zero-order chi connectivity index (χ0) is 18.8. The molecule has 0 saturated heterocycles. The summed E-state index contributed by atoms with van der Waals surface area (Å²) in [5.41, 5.74) is 0. The summed E-state index contributed by atoms with van der Waals surface area (Å²) in [5.74, 6) is 0.374. The molecular formula is C18H35NO5S. The van der Waals surface area contributed by atoms with Gasteiger partial charge in [0.1, 0.15) is 12.6 Å². The zero-order valence-electron chi connectivity index (χ0n) is 16.0. The third-order valence-corrected chi connectivity index (χ3v) is 4.34. The van der Waals surface area contributed by atoms with Crippen LogP contribution < -0.4 is 5.32 Å². The minimum atomic E-state index is -0.660. The lowest BCUT2D eigenvalue weighted by Crippen LogP contribution is -2.42. The van der Waals surface area contributed by atoms with E-state index in [1.54, 1.807) is 11.8 Å². The predicted molar refractivity (Wildman–Crippen MR) is 102 cm³/mol. The van der Waals surface area contributed by atoms with Crippen molar-refractivity contribution < 1.29 is 23.8 Å². The number of nitrogens with one attached hydrogen (secondary N) is 1. The van der Waals surface area contributed by atoms with Crippen LogP contribution in [-0.4, -0.2) is 57.0 Å². The second-order valence-corrected chi connectivity index (χ2v) is 6.88. The summed E-state index contributed by atoms with van der Waals surface area (Å²) in [6, 6.07) is -0.660. The third kappa shape index (κ3) is 15.1. The molecule has 1 atom stereocenters. The topological polar surface area (TPSA) is 73.9 Å². The van der Waals surface area contributed by atoms with E-state index in [9.17, 15) is 9.59 Å². The van der Waals surface area contributed by atoms with Crippen molar-refractivity contribution in [2.24, 2.45) is 0 Å². The molecule has 0 saturated carbocycles. The maximum atomic E-state index is 12.2. The highest BCUT2D eigenvalue weighted by atomic mass is 32.2. The van der Waals surface area contributed by atoms with Crippen LogP contribution in [0.4, 0.5) is 4.79 Å². The van der Waals surface area contributed by atoms with Crippen LogP contribution in [0.1, 0.15) is 58.3 Å². The monoisotopic (exact) mass is 377 g/mol. The molecule has 0 rings (SSSR count). The Kier molecular flexibility index (Phi) is 17.2. The lowest BCUT2D eigenvalue weighted by Gasteiger charge is -2.17. The summed E-state index contributed by atoms with van der Waals surface area (Å²) in [7, 11) is 1.53. The Morgan fingerprint density at radius 2 is 1.64 bits per heavy atom. The van der Waals surface area contributed by atoms with Crippen LogP contribution in [0, 0.1) is 0 Å². The summed E-state index contributed by atoms with van der Waals surface area (Å²) in [4.78, 5) is 23.9. The Balaban J connectivity index is 3.99. The highest BCUT2D eigenvalue weighted by molar-refractivity contribution is 7.98. The Hall–Kier alpha value is -0.950. The van der Waals surface area contributed by atoms with Crippen molar-refractivity contribution in [1.82, 2.24) is 5.32 Å². The second-order valence-electron chi connectivity index (χ2n) is 5.90. The predicted octanol–water partition coefficient (Wildman–Crippen LogP) is 3.77. The normalized spacial score (nSPS) is 11.8. The molecule has 0 aromatic rings. The maximum Gasteiger partial charge on any atom is 0.407 e. The van der Waals surface area contributed by atoms with Crippen molar-refractivity contribution in [3.63, 3.8) is 0 Å².